The fourth-order valence-corrected chi connectivity index (χ4v) is 4.24. The lowest BCUT2D eigenvalue weighted by molar-refractivity contribution is 0.162. The van der Waals surface area contributed by atoms with Crippen LogP contribution in [0.15, 0.2) is 0 Å². The summed E-state index contributed by atoms with van der Waals surface area (Å²) in [6.45, 7) is 6.81. The van der Waals surface area contributed by atoms with Gasteiger partial charge in [0, 0.05) is 0 Å². The third-order valence-corrected chi connectivity index (χ3v) is 5.91. The smallest absolute Gasteiger partial charge is 0.100 e. The van der Waals surface area contributed by atoms with Crippen molar-refractivity contribution in [3.8, 4) is 0 Å². The molecule has 132 valence electrons. The second-order valence-corrected chi connectivity index (χ2v) is 7.94. The van der Waals surface area contributed by atoms with Crippen molar-refractivity contribution in [2.75, 3.05) is 0 Å². The van der Waals surface area contributed by atoms with E-state index in [0.29, 0.717) is 5.92 Å². The Labute approximate surface area is 139 Å². The molecule has 0 aromatic carbocycles. The van der Waals surface area contributed by atoms with E-state index in [1.807, 2.05) is 0 Å². The summed E-state index contributed by atoms with van der Waals surface area (Å²) in [5.74, 6) is 2.37. The number of rotatable bonds is 12. The van der Waals surface area contributed by atoms with Gasteiger partial charge in [-0.05, 0) is 43.4 Å². The summed E-state index contributed by atoms with van der Waals surface area (Å²) in [7, 11) is 0. The Morgan fingerprint density at radius 2 is 1.50 bits per heavy atom. The highest BCUT2D eigenvalue weighted by atomic mass is 19.1. The van der Waals surface area contributed by atoms with Gasteiger partial charge in [0.05, 0.1) is 0 Å². The van der Waals surface area contributed by atoms with Crippen LogP contribution in [0, 0.1) is 17.8 Å². The standard InChI is InChI=1S/C21H41F/c1-4-6-8-10-12-21(22)17-18(3)20-15-13-19(14-16-20)11-9-7-5-2/h18-21H,4-17H2,1-3H3. The highest BCUT2D eigenvalue weighted by molar-refractivity contribution is 4.77. The van der Waals surface area contributed by atoms with Gasteiger partial charge in [0.2, 0.25) is 0 Å². The Bertz CT molecular complexity index is 242. The van der Waals surface area contributed by atoms with Crippen molar-refractivity contribution in [2.45, 2.75) is 117 Å². The van der Waals surface area contributed by atoms with Gasteiger partial charge >= 0.3 is 0 Å². The van der Waals surface area contributed by atoms with Crippen LogP contribution in [0.3, 0.4) is 0 Å². The van der Waals surface area contributed by atoms with E-state index in [9.17, 15) is 4.39 Å². The van der Waals surface area contributed by atoms with E-state index in [-0.39, 0.29) is 0 Å². The first-order chi connectivity index (χ1) is 10.7. The molecule has 0 N–H and O–H groups in total. The number of unbranched alkanes of at least 4 members (excludes halogenated alkanes) is 5. The minimum Gasteiger partial charge on any atom is -0.247 e. The van der Waals surface area contributed by atoms with Crippen LogP contribution in [-0.4, -0.2) is 6.17 Å². The topological polar surface area (TPSA) is 0 Å². The summed E-state index contributed by atoms with van der Waals surface area (Å²) in [6.07, 6.45) is 17.0. The second kappa shape index (κ2) is 12.4. The molecule has 0 aromatic rings. The number of hydrogen-bond donors (Lipinski definition) is 0. The van der Waals surface area contributed by atoms with Crippen molar-refractivity contribution < 1.29 is 4.39 Å². The molecule has 0 bridgehead atoms. The van der Waals surface area contributed by atoms with Crippen LogP contribution in [0.2, 0.25) is 0 Å². The van der Waals surface area contributed by atoms with E-state index in [1.54, 1.807) is 0 Å². The Morgan fingerprint density at radius 1 is 0.864 bits per heavy atom. The normalized spacial score (nSPS) is 25.1. The largest absolute Gasteiger partial charge is 0.247 e. The molecular weight excluding hydrogens is 271 g/mol. The highest BCUT2D eigenvalue weighted by Crippen LogP contribution is 2.37. The van der Waals surface area contributed by atoms with Crippen molar-refractivity contribution in [3.63, 3.8) is 0 Å². The Kier molecular flexibility index (Phi) is 11.2. The zero-order valence-corrected chi connectivity index (χ0v) is 15.6. The SMILES string of the molecule is CCCCCCC(F)CC(C)C1CCC(CCCCC)CC1. The lowest BCUT2D eigenvalue weighted by Crippen LogP contribution is -2.22. The van der Waals surface area contributed by atoms with Gasteiger partial charge in [-0.2, -0.15) is 0 Å². The average molecular weight is 313 g/mol. The molecule has 0 radical (unpaired) electrons. The molecule has 0 nitrogen and oxygen atoms in total. The van der Waals surface area contributed by atoms with E-state index < -0.39 is 6.17 Å². The molecule has 0 amide bonds. The summed E-state index contributed by atoms with van der Waals surface area (Å²) in [4.78, 5) is 0. The molecule has 0 spiro atoms. The molecule has 0 aromatic heterocycles. The van der Waals surface area contributed by atoms with Gasteiger partial charge in [0.15, 0.2) is 0 Å². The van der Waals surface area contributed by atoms with Crippen molar-refractivity contribution in [1.82, 2.24) is 0 Å². The van der Waals surface area contributed by atoms with Gasteiger partial charge in [0.25, 0.3) is 0 Å². The van der Waals surface area contributed by atoms with Crippen LogP contribution in [-0.2, 0) is 0 Å². The predicted molar refractivity (Wildman–Crippen MR) is 97.0 cm³/mol. The molecule has 1 heteroatoms. The Hall–Kier alpha value is -0.0700. The van der Waals surface area contributed by atoms with Crippen LogP contribution in [0.5, 0.6) is 0 Å². The first kappa shape index (κ1) is 20.0. The van der Waals surface area contributed by atoms with Crippen molar-refractivity contribution >= 4 is 0 Å². The molecule has 2 unspecified atom stereocenters. The maximum absolute atomic E-state index is 14.1. The zero-order chi connectivity index (χ0) is 16.2. The number of halogens is 1. The monoisotopic (exact) mass is 312 g/mol. The number of alkyl halides is 1. The molecule has 1 aliphatic rings. The lowest BCUT2D eigenvalue weighted by atomic mass is 9.73. The third kappa shape index (κ3) is 8.53. The minimum absolute atomic E-state index is 0.547. The molecule has 22 heavy (non-hydrogen) atoms. The van der Waals surface area contributed by atoms with Crippen LogP contribution >= 0.6 is 0 Å². The summed E-state index contributed by atoms with van der Waals surface area (Å²) >= 11 is 0. The summed E-state index contributed by atoms with van der Waals surface area (Å²) in [5.41, 5.74) is 0. The maximum Gasteiger partial charge on any atom is 0.100 e. The van der Waals surface area contributed by atoms with Gasteiger partial charge in [-0.15, -0.1) is 0 Å². The molecule has 1 aliphatic carbocycles. The van der Waals surface area contributed by atoms with Crippen LogP contribution in [0.25, 0.3) is 0 Å². The van der Waals surface area contributed by atoms with Crippen molar-refractivity contribution in [1.29, 1.82) is 0 Å². The minimum atomic E-state index is -0.547. The predicted octanol–water partition coefficient (Wildman–Crippen LogP) is 7.71. The van der Waals surface area contributed by atoms with E-state index in [4.69, 9.17) is 0 Å². The van der Waals surface area contributed by atoms with E-state index in [0.717, 1.165) is 31.1 Å². The first-order valence-corrected chi connectivity index (χ1v) is 10.3. The van der Waals surface area contributed by atoms with E-state index in [2.05, 4.69) is 20.8 Å². The molecule has 0 aliphatic heterocycles. The fraction of sp³-hybridized carbons (Fsp3) is 1.00. The molecular formula is C21H41F. The molecule has 1 rings (SSSR count). The maximum atomic E-state index is 14.1. The summed E-state index contributed by atoms with van der Waals surface area (Å²) in [5, 5.41) is 0. The fourth-order valence-electron chi connectivity index (χ4n) is 4.24. The average Bonchev–Trinajstić information content (AvgIpc) is 2.52. The van der Waals surface area contributed by atoms with E-state index in [1.165, 1.54) is 70.6 Å². The summed E-state index contributed by atoms with van der Waals surface area (Å²) < 4.78 is 14.1. The van der Waals surface area contributed by atoms with Gasteiger partial charge < -0.3 is 0 Å². The van der Waals surface area contributed by atoms with Gasteiger partial charge in [-0.1, -0.05) is 85.0 Å². The van der Waals surface area contributed by atoms with Gasteiger partial charge in [0.1, 0.15) is 6.17 Å². The second-order valence-electron chi connectivity index (χ2n) is 7.94. The van der Waals surface area contributed by atoms with Crippen molar-refractivity contribution in [3.05, 3.63) is 0 Å². The van der Waals surface area contributed by atoms with E-state index >= 15 is 0 Å². The lowest BCUT2D eigenvalue weighted by Gasteiger charge is -2.33. The third-order valence-electron chi connectivity index (χ3n) is 5.91. The zero-order valence-electron chi connectivity index (χ0n) is 15.6. The molecule has 1 fully saturated rings. The van der Waals surface area contributed by atoms with Crippen LogP contribution in [0.1, 0.15) is 111 Å². The molecule has 0 saturated heterocycles. The van der Waals surface area contributed by atoms with Gasteiger partial charge in [-0.25, -0.2) is 4.39 Å². The van der Waals surface area contributed by atoms with Crippen LogP contribution < -0.4 is 0 Å². The summed E-state index contributed by atoms with van der Waals surface area (Å²) in [6, 6.07) is 0. The molecule has 2 atom stereocenters. The first-order valence-electron chi connectivity index (χ1n) is 10.3. The Balaban J connectivity index is 2.12. The number of hydrogen-bond acceptors (Lipinski definition) is 0. The van der Waals surface area contributed by atoms with Crippen LogP contribution in [0.4, 0.5) is 4.39 Å². The molecule has 1 saturated carbocycles. The quantitative estimate of drug-likeness (QED) is 0.324. The van der Waals surface area contributed by atoms with Crippen molar-refractivity contribution in [2.24, 2.45) is 17.8 Å². The Morgan fingerprint density at radius 3 is 2.14 bits per heavy atom. The highest BCUT2D eigenvalue weighted by Gasteiger charge is 2.26. The van der Waals surface area contributed by atoms with Gasteiger partial charge in [-0.3, -0.25) is 0 Å². The molecule has 0 heterocycles.